The lowest BCUT2D eigenvalue weighted by Gasteiger charge is -2.19. The maximum Gasteiger partial charge on any atom is 0.182 e. The largest absolute Gasteiger partial charge is 0.497 e. The lowest BCUT2D eigenvalue weighted by Crippen LogP contribution is -2.05. The van der Waals surface area contributed by atoms with E-state index in [1.54, 1.807) is 7.11 Å². The Labute approximate surface area is 191 Å². The number of rotatable bonds is 12. The molecule has 0 fully saturated rings. The van der Waals surface area contributed by atoms with Gasteiger partial charge in [-0.05, 0) is 54.7 Å². The van der Waals surface area contributed by atoms with E-state index in [-0.39, 0.29) is 0 Å². The number of hydrogen-bond acceptors (Lipinski definition) is 5. The van der Waals surface area contributed by atoms with Gasteiger partial charge in [-0.25, -0.2) is 4.98 Å². The molecule has 0 aliphatic rings. The summed E-state index contributed by atoms with van der Waals surface area (Å²) in [6.45, 7) is 10.0. The molecule has 5 heteroatoms. The summed E-state index contributed by atoms with van der Waals surface area (Å²) in [5, 5.41) is 0. The summed E-state index contributed by atoms with van der Waals surface area (Å²) in [7, 11) is 1.66. The van der Waals surface area contributed by atoms with E-state index in [0.717, 1.165) is 65.3 Å². The van der Waals surface area contributed by atoms with Crippen LogP contribution in [-0.4, -0.2) is 25.3 Å². The average Bonchev–Trinajstić information content (AvgIpc) is 3.29. The Morgan fingerprint density at radius 3 is 2.16 bits per heavy atom. The van der Waals surface area contributed by atoms with Crippen molar-refractivity contribution in [1.82, 2.24) is 4.98 Å². The highest BCUT2D eigenvalue weighted by Crippen LogP contribution is 2.42. The van der Waals surface area contributed by atoms with Gasteiger partial charge in [0.25, 0.3) is 0 Å². The number of hydrogen-bond donors (Lipinski definition) is 0. The van der Waals surface area contributed by atoms with E-state index in [4.69, 9.17) is 18.6 Å². The Kier molecular flexibility index (Phi) is 8.60. The minimum absolute atomic E-state index is 0.298. The van der Waals surface area contributed by atoms with Crippen molar-refractivity contribution >= 4 is 0 Å². The van der Waals surface area contributed by atoms with E-state index in [0.29, 0.717) is 24.9 Å². The van der Waals surface area contributed by atoms with E-state index >= 15 is 0 Å². The van der Waals surface area contributed by atoms with Gasteiger partial charge in [0.1, 0.15) is 22.9 Å². The van der Waals surface area contributed by atoms with Crippen LogP contribution in [0.3, 0.4) is 0 Å². The Morgan fingerprint density at radius 2 is 1.56 bits per heavy atom. The molecule has 3 aromatic rings. The van der Waals surface area contributed by atoms with E-state index < -0.39 is 0 Å². The lowest BCUT2D eigenvalue weighted by molar-refractivity contribution is 0.292. The van der Waals surface area contributed by atoms with Gasteiger partial charge in [-0.3, -0.25) is 0 Å². The van der Waals surface area contributed by atoms with Crippen molar-refractivity contribution in [2.24, 2.45) is 0 Å². The van der Waals surface area contributed by atoms with Crippen molar-refractivity contribution in [3.63, 3.8) is 0 Å². The second-order valence-corrected chi connectivity index (χ2v) is 8.20. The molecule has 5 nitrogen and oxygen atoms in total. The minimum Gasteiger partial charge on any atom is -0.497 e. The van der Waals surface area contributed by atoms with Gasteiger partial charge in [-0.15, -0.1) is 0 Å². The maximum atomic E-state index is 6.23. The second-order valence-electron chi connectivity index (χ2n) is 8.20. The molecule has 0 radical (unpaired) electrons. The van der Waals surface area contributed by atoms with Gasteiger partial charge in [0.05, 0.1) is 20.3 Å². The smallest absolute Gasteiger partial charge is 0.182 e. The van der Waals surface area contributed by atoms with E-state index in [9.17, 15) is 0 Å². The van der Waals surface area contributed by atoms with Gasteiger partial charge in [0.15, 0.2) is 12.2 Å². The first-order valence-corrected chi connectivity index (χ1v) is 11.6. The van der Waals surface area contributed by atoms with Crippen molar-refractivity contribution in [3.8, 4) is 39.8 Å². The van der Waals surface area contributed by atoms with Crippen LogP contribution in [0.5, 0.6) is 17.2 Å². The topological polar surface area (TPSA) is 53.7 Å². The zero-order valence-corrected chi connectivity index (χ0v) is 19.9. The fraction of sp³-hybridized carbons (Fsp3) is 0.444. The third-order valence-corrected chi connectivity index (χ3v) is 5.42. The predicted molar refractivity (Wildman–Crippen MR) is 129 cm³/mol. The predicted octanol–water partition coefficient (Wildman–Crippen LogP) is 7.50. The van der Waals surface area contributed by atoms with Crippen LogP contribution >= 0.6 is 0 Å². The standard InChI is InChI=1S/C27H35NO4/c1-6-8-14-30-24-17-25(31-15-9-7-2)23(16-22(24)19(3)4)26-27(32-18-28-26)20-10-12-21(29-5)13-11-20/h10-13,16-19H,6-9,14-15H2,1-5H3. The SMILES string of the molecule is CCCCOc1cc(OCCCC)c(C(C)C)cc1-c1ncoc1-c1ccc(OC)cc1. The normalized spacial score (nSPS) is 11.1. The Bertz CT molecular complexity index is 976. The molecule has 2 aromatic carbocycles. The minimum atomic E-state index is 0.298. The Balaban J connectivity index is 2.07. The summed E-state index contributed by atoms with van der Waals surface area (Å²) in [6, 6.07) is 12.0. The highest BCUT2D eigenvalue weighted by molar-refractivity contribution is 5.81. The third-order valence-electron chi connectivity index (χ3n) is 5.42. The van der Waals surface area contributed by atoms with Crippen molar-refractivity contribution < 1.29 is 18.6 Å². The van der Waals surface area contributed by atoms with Crippen molar-refractivity contribution in [2.75, 3.05) is 20.3 Å². The molecule has 3 rings (SSSR count). The Hall–Kier alpha value is -2.95. The number of methoxy groups -OCH3 is 1. The van der Waals surface area contributed by atoms with Crippen molar-refractivity contribution in [2.45, 2.75) is 59.3 Å². The van der Waals surface area contributed by atoms with Crippen LogP contribution in [0.15, 0.2) is 47.2 Å². The van der Waals surface area contributed by atoms with Crippen LogP contribution in [0.1, 0.15) is 64.9 Å². The first kappa shape index (κ1) is 23.7. The van der Waals surface area contributed by atoms with Crippen molar-refractivity contribution in [1.29, 1.82) is 0 Å². The molecule has 0 saturated heterocycles. The number of unbranched alkanes of at least 4 members (excludes halogenated alkanes) is 2. The molecule has 32 heavy (non-hydrogen) atoms. The summed E-state index contributed by atoms with van der Waals surface area (Å²) >= 11 is 0. The molecule has 0 atom stereocenters. The monoisotopic (exact) mass is 437 g/mol. The van der Waals surface area contributed by atoms with Crippen LogP contribution in [-0.2, 0) is 0 Å². The van der Waals surface area contributed by atoms with Crippen LogP contribution in [0.25, 0.3) is 22.6 Å². The molecule has 0 N–H and O–H groups in total. The van der Waals surface area contributed by atoms with E-state index in [1.165, 1.54) is 6.39 Å². The molecule has 0 bridgehead atoms. The van der Waals surface area contributed by atoms with Gasteiger partial charge < -0.3 is 18.6 Å². The van der Waals surface area contributed by atoms with Crippen LogP contribution < -0.4 is 14.2 Å². The summed E-state index contributed by atoms with van der Waals surface area (Å²) in [6.07, 6.45) is 5.67. The van der Waals surface area contributed by atoms with Gasteiger partial charge in [0, 0.05) is 17.2 Å². The molecule has 0 amide bonds. The highest BCUT2D eigenvalue weighted by atomic mass is 16.5. The molecule has 0 spiro atoms. The summed E-state index contributed by atoms with van der Waals surface area (Å²) in [5.41, 5.74) is 3.77. The number of aromatic nitrogens is 1. The molecular formula is C27H35NO4. The molecule has 0 saturated carbocycles. The zero-order valence-electron chi connectivity index (χ0n) is 19.9. The summed E-state index contributed by atoms with van der Waals surface area (Å²) < 4.78 is 23.5. The zero-order chi connectivity index (χ0) is 22.9. The van der Waals surface area contributed by atoms with E-state index in [2.05, 4.69) is 38.7 Å². The molecule has 1 heterocycles. The number of benzene rings is 2. The molecule has 0 aliphatic carbocycles. The summed E-state index contributed by atoms with van der Waals surface area (Å²) in [4.78, 5) is 4.58. The van der Waals surface area contributed by atoms with Crippen LogP contribution in [0.4, 0.5) is 0 Å². The van der Waals surface area contributed by atoms with Crippen LogP contribution in [0, 0.1) is 0 Å². The Morgan fingerprint density at radius 1 is 0.906 bits per heavy atom. The van der Waals surface area contributed by atoms with Gasteiger partial charge in [0.2, 0.25) is 0 Å². The maximum absolute atomic E-state index is 6.23. The quantitative estimate of drug-likeness (QED) is 0.275. The van der Waals surface area contributed by atoms with Gasteiger partial charge >= 0.3 is 0 Å². The highest BCUT2D eigenvalue weighted by Gasteiger charge is 2.21. The second kappa shape index (κ2) is 11.6. The number of oxazole rings is 1. The average molecular weight is 438 g/mol. The third kappa shape index (κ3) is 5.64. The molecule has 172 valence electrons. The van der Waals surface area contributed by atoms with E-state index in [1.807, 2.05) is 30.3 Å². The number of nitrogens with zero attached hydrogens (tertiary/aromatic N) is 1. The first-order chi connectivity index (χ1) is 15.6. The van der Waals surface area contributed by atoms with Gasteiger partial charge in [-0.1, -0.05) is 40.5 Å². The molecule has 0 aliphatic heterocycles. The summed E-state index contributed by atoms with van der Waals surface area (Å²) in [5.74, 6) is 3.47. The molecular weight excluding hydrogens is 402 g/mol. The fourth-order valence-electron chi connectivity index (χ4n) is 3.50. The van der Waals surface area contributed by atoms with Crippen molar-refractivity contribution in [3.05, 3.63) is 48.4 Å². The first-order valence-electron chi connectivity index (χ1n) is 11.6. The van der Waals surface area contributed by atoms with Crippen LogP contribution in [0.2, 0.25) is 0 Å². The number of ether oxygens (including phenoxy) is 3. The fourth-order valence-corrected chi connectivity index (χ4v) is 3.50. The lowest BCUT2D eigenvalue weighted by atomic mass is 9.96. The van der Waals surface area contributed by atoms with Gasteiger partial charge in [-0.2, -0.15) is 0 Å². The molecule has 1 aromatic heterocycles. The molecule has 0 unspecified atom stereocenters.